The number of aryl methyl sites for hydroxylation is 2. The van der Waals surface area contributed by atoms with E-state index in [-0.39, 0.29) is 12.1 Å². The number of nitrogens with zero attached hydrogens (tertiary/aromatic N) is 3. The fourth-order valence-electron chi connectivity index (χ4n) is 4.65. The summed E-state index contributed by atoms with van der Waals surface area (Å²) in [5, 5.41) is 4.26. The largest absolute Gasteiger partial charge is 0.378 e. The molecular formula is C24H27N5OS. The third-order valence-electron chi connectivity index (χ3n) is 6.11. The molecule has 160 valence electrons. The fourth-order valence-corrected chi connectivity index (χ4v) is 4.99. The minimum atomic E-state index is -0.0264. The Hall–Kier alpha value is -2.90. The van der Waals surface area contributed by atoms with E-state index in [9.17, 15) is 0 Å². The summed E-state index contributed by atoms with van der Waals surface area (Å²) in [7, 11) is 0. The Balaban J connectivity index is 1.52. The molecule has 2 aliphatic rings. The van der Waals surface area contributed by atoms with Crippen molar-refractivity contribution in [1.82, 2.24) is 15.3 Å². The molecule has 2 fully saturated rings. The van der Waals surface area contributed by atoms with Gasteiger partial charge >= 0.3 is 0 Å². The second-order valence-electron chi connectivity index (χ2n) is 8.15. The van der Waals surface area contributed by atoms with Crippen LogP contribution < -0.4 is 15.1 Å². The lowest BCUT2D eigenvalue weighted by Gasteiger charge is -2.30. The lowest BCUT2D eigenvalue weighted by atomic mass is 9.96. The first kappa shape index (κ1) is 20.0. The Morgan fingerprint density at radius 1 is 1.03 bits per heavy atom. The van der Waals surface area contributed by atoms with Gasteiger partial charge in [0, 0.05) is 42.0 Å². The number of aromatic amines is 1. The van der Waals surface area contributed by atoms with Crippen LogP contribution in [0.5, 0.6) is 0 Å². The molecule has 2 aliphatic heterocycles. The van der Waals surface area contributed by atoms with Gasteiger partial charge in [-0.2, -0.15) is 0 Å². The minimum absolute atomic E-state index is 0.0154. The molecule has 0 saturated carbocycles. The van der Waals surface area contributed by atoms with Crippen LogP contribution in [0.1, 0.15) is 34.7 Å². The summed E-state index contributed by atoms with van der Waals surface area (Å²) in [6.45, 7) is 7.63. The maximum Gasteiger partial charge on any atom is 0.174 e. The number of H-pyrrole nitrogens is 1. The number of hydrogen-bond donors (Lipinski definition) is 2. The van der Waals surface area contributed by atoms with E-state index in [4.69, 9.17) is 17.0 Å². The van der Waals surface area contributed by atoms with Crippen LogP contribution in [-0.2, 0) is 4.74 Å². The molecule has 0 amide bonds. The van der Waals surface area contributed by atoms with Crippen LogP contribution in [0, 0.1) is 13.8 Å². The predicted octanol–water partition coefficient (Wildman–Crippen LogP) is 4.04. The molecule has 3 aromatic rings. The van der Waals surface area contributed by atoms with Crippen LogP contribution in [0.3, 0.4) is 0 Å². The topological polar surface area (TPSA) is 56.4 Å². The van der Waals surface area contributed by atoms with Gasteiger partial charge < -0.3 is 24.8 Å². The number of aromatic nitrogens is 2. The maximum atomic E-state index is 5.83. The Morgan fingerprint density at radius 3 is 2.42 bits per heavy atom. The number of rotatable bonds is 4. The van der Waals surface area contributed by atoms with Gasteiger partial charge in [0.1, 0.15) is 0 Å². The molecular weight excluding hydrogens is 406 g/mol. The molecule has 0 radical (unpaired) electrons. The van der Waals surface area contributed by atoms with Gasteiger partial charge in [0.05, 0.1) is 31.0 Å². The molecule has 2 aromatic heterocycles. The number of anilines is 2. The molecule has 5 rings (SSSR count). The molecule has 2 saturated heterocycles. The summed E-state index contributed by atoms with van der Waals surface area (Å²) in [6.07, 6.45) is 1.84. The van der Waals surface area contributed by atoms with E-state index in [0.29, 0.717) is 0 Å². The number of hydrogen-bond acceptors (Lipinski definition) is 4. The van der Waals surface area contributed by atoms with Crippen LogP contribution in [0.15, 0.2) is 54.7 Å². The summed E-state index contributed by atoms with van der Waals surface area (Å²) in [5.74, 6) is 0. The van der Waals surface area contributed by atoms with Crippen molar-refractivity contribution >= 4 is 28.7 Å². The Morgan fingerprint density at radius 2 is 1.77 bits per heavy atom. The molecule has 0 spiro atoms. The average Bonchev–Trinajstić information content (AvgIpc) is 3.32. The molecule has 2 unspecified atom stereocenters. The lowest BCUT2D eigenvalue weighted by Crippen LogP contribution is -2.36. The highest BCUT2D eigenvalue weighted by atomic mass is 32.1. The van der Waals surface area contributed by atoms with Crippen LogP contribution in [0.25, 0.3) is 0 Å². The molecule has 6 nitrogen and oxygen atoms in total. The van der Waals surface area contributed by atoms with Gasteiger partial charge in [-0.3, -0.25) is 4.98 Å². The smallest absolute Gasteiger partial charge is 0.174 e. The zero-order valence-corrected chi connectivity index (χ0v) is 18.7. The second-order valence-corrected chi connectivity index (χ2v) is 8.53. The molecule has 1 aromatic carbocycles. The highest BCUT2D eigenvalue weighted by molar-refractivity contribution is 7.80. The van der Waals surface area contributed by atoms with E-state index in [1.165, 1.54) is 11.3 Å². The SMILES string of the molecule is Cc1cc(C2C(c3ccccn3)NC(=S)N2c2ccc(N3CCOCC3)cc2)c(C)[nH]1. The van der Waals surface area contributed by atoms with Gasteiger partial charge in [-0.05, 0) is 74.1 Å². The van der Waals surface area contributed by atoms with E-state index >= 15 is 0 Å². The first-order chi connectivity index (χ1) is 15.1. The van der Waals surface area contributed by atoms with Crippen molar-refractivity contribution in [2.45, 2.75) is 25.9 Å². The number of nitrogens with one attached hydrogen (secondary N) is 2. The summed E-state index contributed by atoms with van der Waals surface area (Å²) >= 11 is 5.83. The first-order valence-electron chi connectivity index (χ1n) is 10.7. The Bertz CT molecular complexity index is 1060. The average molecular weight is 434 g/mol. The molecule has 0 aliphatic carbocycles. The molecule has 0 bridgehead atoms. The third kappa shape index (κ3) is 3.79. The highest BCUT2D eigenvalue weighted by Gasteiger charge is 2.41. The molecule has 2 atom stereocenters. The highest BCUT2D eigenvalue weighted by Crippen LogP contribution is 2.43. The van der Waals surface area contributed by atoms with Crippen molar-refractivity contribution in [3.8, 4) is 0 Å². The third-order valence-corrected chi connectivity index (χ3v) is 6.43. The zero-order valence-electron chi connectivity index (χ0n) is 17.8. The normalized spacial score (nSPS) is 21.4. The van der Waals surface area contributed by atoms with Crippen molar-refractivity contribution < 1.29 is 4.74 Å². The number of benzene rings is 1. The van der Waals surface area contributed by atoms with Gasteiger partial charge in [-0.15, -0.1) is 0 Å². The lowest BCUT2D eigenvalue weighted by molar-refractivity contribution is 0.122. The monoisotopic (exact) mass is 433 g/mol. The standard InChI is InChI=1S/C24H27N5OS/c1-16-15-20(17(2)26-16)23-22(21-5-3-4-10-25-21)27-24(31)29(23)19-8-6-18(7-9-19)28-11-13-30-14-12-28/h3-10,15,22-23,26H,11-14H2,1-2H3,(H,27,31). The van der Waals surface area contributed by atoms with Crippen molar-refractivity contribution in [2.24, 2.45) is 0 Å². The zero-order chi connectivity index (χ0) is 21.4. The van der Waals surface area contributed by atoms with Crippen LogP contribution >= 0.6 is 12.2 Å². The van der Waals surface area contributed by atoms with E-state index in [2.05, 4.69) is 75.3 Å². The van der Waals surface area contributed by atoms with Gasteiger partial charge in [0.2, 0.25) is 0 Å². The maximum absolute atomic E-state index is 5.83. The van der Waals surface area contributed by atoms with Crippen molar-refractivity contribution in [3.05, 3.63) is 77.4 Å². The summed E-state index contributed by atoms with van der Waals surface area (Å²) in [5.41, 5.74) is 6.82. The van der Waals surface area contributed by atoms with Gasteiger partial charge in [-0.1, -0.05) is 6.07 Å². The van der Waals surface area contributed by atoms with E-state index in [1.807, 2.05) is 18.3 Å². The molecule has 31 heavy (non-hydrogen) atoms. The quantitative estimate of drug-likeness (QED) is 0.606. The number of morpholine rings is 1. The van der Waals surface area contributed by atoms with Gasteiger partial charge in [0.25, 0.3) is 0 Å². The van der Waals surface area contributed by atoms with Crippen molar-refractivity contribution in [3.63, 3.8) is 0 Å². The van der Waals surface area contributed by atoms with Crippen LogP contribution in [-0.4, -0.2) is 41.4 Å². The molecule has 4 heterocycles. The van der Waals surface area contributed by atoms with Crippen LogP contribution in [0.4, 0.5) is 11.4 Å². The number of pyridine rings is 1. The summed E-state index contributed by atoms with van der Waals surface area (Å²) in [4.78, 5) is 12.7. The fraction of sp³-hybridized carbons (Fsp3) is 0.333. The summed E-state index contributed by atoms with van der Waals surface area (Å²) < 4.78 is 5.49. The van der Waals surface area contributed by atoms with Gasteiger partial charge in [-0.25, -0.2) is 0 Å². The predicted molar refractivity (Wildman–Crippen MR) is 128 cm³/mol. The Kier molecular flexibility index (Phi) is 5.38. The van der Waals surface area contributed by atoms with E-state index in [1.54, 1.807) is 0 Å². The van der Waals surface area contributed by atoms with Crippen molar-refractivity contribution in [1.29, 1.82) is 0 Å². The van der Waals surface area contributed by atoms with E-state index < -0.39 is 0 Å². The number of ether oxygens (including phenoxy) is 1. The second kappa shape index (κ2) is 8.32. The Labute approximate surface area is 188 Å². The van der Waals surface area contributed by atoms with Crippen molar-refractivity contribution in [2.75, 3.05) is 36.1 Å². The summed E-state index contributed by atoms with van der Waals surface area (Å²) in [6, 6.07) is 16.9. The van der Waals surface area contributed by atoms with E-state index in [0.717, 1.165) is 54.2 Å². The molecule has 7 heteroatoms. The molecule has 2 N–H and O–H groups in total. The minimum Gasteiger partial charge on any atom is -0.378 e. The van der Waals surface area contributed by atoms with Crippen LogP contribution in [0.2, 0.25) is 0 Å². The number of thiocarbonyl (C=S) groups is 1. The first-order valence-corrected chi connectivity index (χ1v) is 11.1. The van der Waals surface area contributed by atoms with Gasteiger partial charge in [0.15, 0.2) is 5.11 Å².